The first kappa shape index (κ1) is 21.2. The van der Waals surface area contributed by atoms with Crippen LogP contribution in [-0.4, -0.2) is 50.1 Å². The molecule has 0 bridgehead atoms. The highest BCUT2D eigenvalue weighted by molar-refractivity contribution is 5.94. The van der Waals surface area contributed by atoms with Crippen LogP contribution in [-0.2, 0) is 4.79 Å². The molecule has 5 nitrogen and oxygen atoms in total. The topological polar surface area (TPSA) is 44.8 Å². The van der Waals surface area contributed by atoms with Crippen LogP contribution < -0.4 is 15.0 Å². The second-order valence-electron chi connectivity index (χ2n) is 8.28. The highest BCUT2D eigenvalue weighted by Crippen LogP contribution is 2.28. The third-order valence-electron chi connectivity index (χ3n) is 5.47. The van der Waals surface area contributed by atoms with Crippen LogP contribution in [0.3, 0.4) is 0 Å². The van der Waals surface area contributed by atoms with Gasteiger partial charge >= 0.3 is 0 Å². The van der Waals surface area contributed by atoms with Crippen molar-refractivity contribution in [3.05, 3.63) is 53.6 Å². The Bertz CT molecular complexity index is 825. The van der Waals surface area contributed by atoms with Crippen molar-refractivity contribution in [1.29, 1.82) is 0 Å². The monoisotopic (exact) mass is 395 g/mol. The first-order chi connectivity index (χ1) is 13.8. The van der Waals surface area contributed by atoms with Crippen LogP contribution in [0.25, 0.3) is 0 Å². The zero-order valence-corrected chi connectivity index (χ0v) is 18.2. The number of ether oxygens (including phenoxy) is 1. The third-order valence-corrected chi connectivity index (χ3v) is 5.47. The molecule has 0 saturated carbocycles. The van der Waals surface area contributed by atoms with Crippen LogP contribution in [0.4, 0.5) is 11.4 Å². The van der Waals surface area contributed by atoms with Gasteiger partial charge < -0.3 is 19.9 Å². The molecule has 0 spiro atoms. The number of rotatable bonds is 6. The molecule has 0 radical (unpaired) electrons. The summed E-state index contributed by atoms with van der Waals surface area (Å²) in [4.78, 5) is 17.4. The van der Waals surface area contributed by atoms with Crippen LogP contribution in [0.1, 0.15) is 37.8 Å². The minimum atomic E-state index is -0.577. The summed E-state index contributed by atoms with van der Waals surface area (Å²) in [6.07, 6.45) is -0.577. The molecule has 1 amide bonds. The summed E-state index contributed by atoms with van der Waals surface area (Å²) in [5.74, 6) is 0.976. The van der Waals surface area contributed by atoms with Gasteiger partial charge in [-0.25, -0.2) is 0 Å². The summed E-state index contributed by atoms with van der Waals surface area (Å²) in [6.45, 7) is 12.3. The fourth-order valence-electron chi connectivity index (χ4n) is 3.53. The predicted molar refractivity (Wildman–Crippen MR) is 120 cm³/mol. The molecule has 0 unspecified atom stereocenters. The number of likely N-dealkylation sites (N-methyl/N-ethyl adjacent to an activating group) is 1. The number of nitrogens with one attached hydrogen (secondary N) is 1. The van der Waals surface area contributed by atoms with Gasteiger partial charge in [0.15, 0.2) is 6.10 Å². The second-order valence-corrected chi connectivity index (χ2v) is 8.28. The molecule has 1 atom stereocenters. The van der Waals surface area contributed by atoms with Crippen molar-refractivity contribution in [3.8, 4) is 5.75 Å². The molecule has 5 heteroatoms. The van der Waals surface area contributed by atoms with Crippen LogP contribution in [0.2, 0.25) is 0 Å². The van der Waals surface area contributed by atoms with Gasteiger partial charge in [-0.2, -0.15) is 0 Å². The Morgan fingerprint density at radius 1 is 1.00 bits per heavy atom. The molecule has 0 aliphatic carbocycles. The summed E-state index contributed by atoms with van der Waals surface area (Å²) in [5.41, 5.74) is 4.22. The number of amides is 1. The average molecular weight is 396 g/mol. The zero-order chi connectivity index (χ0) is 21.0. The second kappa shape index (κ2) is 9.31. The van der Waals surface area contributed by atoms with Gasteiger partial charge in [-0.05, 0) is 68.3 Å². The van der Waals surface area contributed by atoms with Gasteiger partial charge in [0, 0.05) is 37.6 Å². The van der Waals surface area contributed by atoms with Crippen molar-refractivity contribution < 1.29 is 9.53 Å². The molecule has 1 saturated heterocycles. The van der Waals surface area contributed by atoms with Crippen molar-refractivity contribution in [2.75, 3.05) is 43.4 Å². The van der Waals surface area contributed by atoms with Crippen molar-refractivity contribution in [2.24, 2.45) is 0 Å². The lowest BCUT2D eigenvalue weighted by atomic mass is 10.0. The molecule has 1 aliphatic rings. The largest absolute Gasteiger partial charge is 0.481 e. The molecule has 0 aromatic heterocycles. The Hall–Kier alpha value is -2.53. The van der Waals surface area contributed by atoms with Crippen molar-refractivity contribution in [3.63, 3.8) is 0 Å². The van der Waals surface area contributed by atoms with E-state index < -0.39 is 6.10 Å². The summed E-state index contributed by atoms with van der Waals surface area (Å²) < 4.78 is 6.03. The quantitative estimate of drug-likeness (QED) is 0.793. The van der Waals surface area contributed by atoms with E-state index in [-0.39, 0.29) is 5.91 Å². The molecule has 2 aromatic carbocycles. The molecule has 1 aliphatic heterocycles. The number of carbonyl (C=O) groups excluding carboxylic acids is 1. The van der Waals surface area contributed by atoms with Crippen molar-refractivity contribution >= 4 is 17.3 Å². The van der Waals surface area contributed by atoms with Gasteiger partial charge in [0.1, 0.15) is 5.75 Å². The molecular weight excluding hydrogens is 362 g/mol. The maximum absolute atomic E-state index is 12.7. The van der Waals surface area contributed by atoms with E-state index in [1.807, 2.05) is 25.1 Å². The van der Waals surface area contributed by atoms with E-state index >= 15 is 0 Å². The average Bonchev–Trinajstić information content (AvgIpc) is 2.69. The smallest absolute Gasteiger partial charge is 0.265 e. The van der Waals surface area contributed by atoms with Crippen LogP contribution in [0.15, 0.2) is 42.5 Å². The maximum Gasteiger partial charge on any atom is 0.265 e. The summed E-state index contributed by atoms with van der Waals surface area (Å²) in [5, 5.41) is 2.97. The van der Waals surface area contributed by atoms with Crippen LogP contribution in [0.5, 0.6) is 5.75 Å². The molecule has 1 N–H and O–H groups in total. The predicted octanol–water partition coefficient (Wildman–Crippen LogP) is 4.28. The summed E-state index contributed by atoms with van der Waals surface area (Å²) in [6, 6.07) is 14.2. The van der Waals surface area contributed by atoms with Crippen LogP contribution in [0, 0.1) is 6.92 Å². The number of aryl methyl sites for hydroxylation is 1. The minimum Gasteiger partial charge on any atom is -0.481 e. The van der Waals surface area contributed by atoms with Gasteiger partial charge in [0.2, 0.25) is 0 Å². The fraction of sp³-hybridized carbons (Fsp3) is 0.458. The Morgan fingerprint density at radius 2 is 1.66 bits per heavy atom. The van der Waals surface area contributed by atoms with E-state index in [2.05, 4.69) is 60.3 Å². The molecule has 3 rings (SSSR count). The highest BCUT2D eigenvalue weighted by Gasteiger charge is 2.18. The lowest BCUT2D eigenvalue weighted by Crippen LogP contribution is -2.44. The van der Waals surface area contributed by atoms with E-state index in [0.717, 1.165) is 48.7 Å². The number of benzene rings is 2. The summed E-state index contributed by atoms with van der Waals surface area (Å²) >= 11 is 0. The number of carbonyl (C=O) groups is 1. The zero-order valence-electron chi connectivity index (χ0n) is 18.2. The molecule has 1 heterocycles. The molecule has 29 heavy (non-hydrogen) atoms. The fourth-order valence-corrected chi connectivity index (χ4v) is 3.53. The lowest BCUT2D eigenvalue weighted by Gasteiger charge is -2.34. The number of nitrogens with zero attached hydrogens (tertiary/aromatic N) is 2. The number of anilines is 2. The van der Waals surface area contributed by atoms with Gasteiger partial charge in [-0.3, -0.25) is 4.79 Å². The van der Waals surface area contributed by atoms with E-state index in [1.54, 1.807) is 6.92 Å². The van der Waals surface area contributed by atoms with E-state index in [0.29, 0.717) is 5.92 Å². The Morgan fingerprint density at radius 3 is 2.28 bits per heavy atom. The standard InChI is InChI=1S/C24H33N3O2/c1-17(2)22-11-6-18(3)16-23(22)29-19(4)24(28)25-20-7-9-21(10-8-20)27-14-12-26(5)13-15-27/h6-11,16-17,19H,12-15H2,1-5H3,(H,25,28)/t19-/m1/s1. The van der Waals surface area contributed by atoms with Gasteiger partial charge in [-0.1, -0.05) is 26.0 Å². The first-order valence-corrected chi connectivity index (χ1v) is 10.4. The Kier molecular flexibility index (Phi) is 6.80. The number of piperazine rings is 1. The SMILES string of the molecule is Cc1ccc(C(C)C)c(O[C@H](C)C(=O)Nc2ccc(N3CCN(C)CC3)cc2)c1. The molecule has 156 valence electrons. The van der Waals surface area contributed by atoms with E-state index in [4.69, 9.17) is 4.74 Å². The van der Waals surface area contributed by atoms with Crippen molar-refractivity contribution in [2.45, 2.75) is 39.7 Å². The first-order valence-electron chi connectivity index (χ1n) is 10.4. The lowest BCUT2D eigenvalue weighted by molar-refractivity contribution is -0.122. The van der Waals surface area contributed by atoms with Gasteiger partial charge in [0.25, 0.3) is 5.91 Å². The summed E-state index contributed by atoms with van der Waals surface area (Å²) in [7, 11) is 2.15. The normalized spacial score (nSPS) is 16.0. The minimum absolute atomic E-state index is 0.145. The molecule has 1 fully saturated rings. The highest BCUT2D eigenvalue weighted by atomic mass is 16.5. The van der Waals surface area contributed by atoms with E-state index in [1.165, 1.54) is 5.69 Å². The number of hydrogen-bond acceptors (Lipinski definition) is 4. The van der Waals surface area contributed by atoms with Gasteiger partial charge in [0.05, 0.1) is 0 Å². The van der Waals surface area contributed by atoms with Crippen LogP contribution >= 0.6 is 0 Å². The third kappa shape index (κ3) is 5.51. The Labute approximate surface area is 174 Å². The van der Waals surface area contributed by atoms with Gasteiger partial charge in [-0.15, -0.1) is 0 Å². The molecule has 2 aromatic rings. The van der Waals surface area contributed by atoms with E-state index in [9.17, 15) is 4.79 Å². The number of hydrogen-bond donors (Lipinski definition) is 1. The maximum atomic E-state index is 12.7. The molecular formula is C24H33N3O2. The Balaban J connectivity index is 1.61. The van der Waals surface area contributed by atoms with Crippen molar-refractivity contribution in [1.82, 2.24) is 4.90 Å².